The van der Waals surface area contributed by atoms with Crippen molar-refractivity contribution in [1.29, 1.82) is 0 Å². The highest BCUT2D eigenvalue weighted by molar-refractivity contribution is 5.79. The van der Waals surface area contributed by atoms with Gasteiger partial charge in [-0.2, -0.15) is 0 Å². The SMILES string of the molecule is CCC(=O)COc1cc(F)cc(F)c1. The molecule has 0 amide bonds. The summed E-state index contributed by atoms with van der Waals surface area (Å²) in [5.41, 5.74) is 0. The van der Waals surface area contributed by atoms with Gasteiger partial charge in [0.1, 0.15) is 24.0 Å². The van der Waals surface area contributed by atoms with Crippen molar-refractivity contribution in [3.8, 4) is 5.75 Å². The Balaban J connectivity index is 2.63. The highest BCUT2D eigenvalue weighted by Gasteiger charge is 2.03. The number of rotatable bonds is 4. The first-order valence-electron chi connectivity index (χ1n) is 4.22. The Bertz CT molecular complexity index is 317. The molecule has 0 aliphatic heterocycles. The van der Waals surface area contributed by atoms with Crippen LogP contribution in [0.25, 0.3) is 0 Å². The van der Waals surface area contributed by atoms with Gasteiger partial charge >= 0.3 is 0 Å². The van der Waals surface area contributed by atoms with Gasteiger partial charge in [-0.25, -0.2) is 8.78 Å². The molecular formula is C10H10F2O2. The minimum atomic E-state index is -0.719. The second-order valence-corrected chi connectivity index (χ2v) is 2.79. The van der Waals surface area contributed by atoms with Crippen LogP contribution in [0.4, 0.5) is 8.78 Å². The predicted octanol–water partition coefficient (Wildman–Crippen LogP) is 2.32. The molecule has 0 heterocycles. The van der Waals surface area contributed by atoms with Gasteiger partial charge in [-0.3, -0.25) is 4.79 Å². The van der Waals surface area contributed by atoms with Crippen molar-refractivity contribution < 1.29 is 18.3 Å². The molecule has 2 nitrogen and oxygen atoms in total. The standard InChI is InChI=1S/C10H10F2O2/c1-2-9(13)6-14-10-4-7(11)3-8(12)5-10/h3-5H,2,6H2,1H3. The van der Waals surface area contributed by atoms with E-state index in [0.717, 1.165) is 18.2 Å². The van der Waals surface area contributed by atoms with E-state index in [2.05, 4.69) is 0 Å². The molecule has 0 bridgehead atoms. The first-order valence-corrected chi connectivity index (χ1v) is 4.22. The number of ether oxygens (including phenoxy) is 1. The van der Waals surface area contributed by atoms with Crippen LogP contribution in [0.1, 0.15) is 13.3 Å². The molecule has 0 atom stereocenters. The molecule has 0 spiro atoms. The monoisotopic (exact) mass is 200 g/mol. The van der Waals surface area contributed by atoms with Crippen LogP contribution in [-0.4, -0.2) is 12.4 Å². The molecule has 1 aromatic carbocycles. The molecule has 0 unspecified atom stereocenters. The topological polar surface area (TPSA) is 26.3 Å². The lowest BCUT2D eigenvalue weighted by atomic mass is 10.3. The molecule has 0 radical (unpaired) electrons. The molecule has 0 fully saturated rings. The van der Waals surface area contributed by atoms with Gasteiger partial charge in [-0.1, -0.05) is 6.92 Å². The van der Waals surface area contributed by atoms with Gasteiger partial charge in [0.2, 0.25) is 0 Å². The van der Waals surface area contributed by atoms with Gasteiger partial charge in [-0.15, -0.1) is 0 Å². The molecule has 0 saturated heterocycles. The summed E-state index contributed by atoms with van der Waals surface area (Å²) in [6.45, 7) is 1.54. The number of benzene rings is 1. The fraction of sp³-hybridized carbons (Fsp3) is 0.300. The van der Waals surface area contributed by atoms with Crippen LogP contribution in [0.2, 0.25) is 0 Å². The second-order valence-electron chi connectivity index (χ2n) is 2.79. The Morgan fingerprint density at radius 1 is 1.29 bits per heavy atom. The van der Waals surface area contributed by atoms with Crippen LogP contribution < -0.4 is 4.74 Å². The molecule has 76 valence electrons. The van der Waals surface area contributed by atoms with Crippen molar-refractivity contribution in [1.82, 2.24) is 0 Å². The molecule has 0 saturated carbocycles. The quantitative estimate of drug-likeness (QED) is 0.745. The highest BCUT2D eigenvalue weighted by atomic mass is 19.1. The molecule has 0 aliphatic carbocycles. The van der Waals surface area contributed by atoms with Crippen molar-refractivity contribution in [2.45, 2.75) is 13.3 Å². The molecule has 0 N–H and O–H groups in total. The van der Waals surface area contributed by atoms with Crippen molar-refractivity contribution in [3.05, 3.63) is 29.8 Å². The maximum absolute atomic E-state index is 12.6. The van der Waals surface area contributed by atoms with E-state index in [4.69, 9.17) is 4.74 Å². The summed E-state index contributed by atoms with van der Waals surface area (Å²) in [4.78, 5) is 10.8. The average Bonchev–Trinajstić information content (AvgIpc) is 2.12. The van der Waals surface area contributed by atoms with E-state index in [1.807, 2.05) is 0 Å². The summed E-state index contributed by atoms with van der Waals surface area (Å²) in [5.74, 6) is -1.52. The Morgan fingerprint density at radius 3 is 2.36 bits per heavy atom. The lowest BCUT2D eigenvalue weighted by Crippen LogP contribution is -2.09. The van der Waals surface area contributed by atoms with Gasteiger partial charge in [-0.05, 0) is 0 Å². The Hall–Kier alpha value is -1.45. The van der Waals surface area contributed by atoms with E-state index < -0.39 is 11.6 Å². The van der Waals surface area contributed by atoms with Gasteiger partial charge < -0.3 is 4.74 Å². The fourth-order valence-corrected chi connectivity index (χ4v) is 0.878. The summed E-state index contributed by atoms with van der Waals surface area (Å²) >= 11 is 0. The summed E-state index contributed by atoms with van der Waals surface area (Å²) in [7, 11) is 0. The summed E-state index contributed by atoms with van der Waals surface area (Å²) in [6, 6.07) is 2.81. The smallest absolute Gasteiger partial charge is 0.169 e. The largest absolute Gasteiger partial charge is 0.486 e. The molecule has 1 rings (SSSR count). The van der Waals surface area contributed by atoms with Crippen molar-refractivity contribution >= 4 is 5.78 Å². The number of carbonyl (C=O) groups is 1. The van der Waals surface area contributed by atoms with Crippen LogP contribution in [-0.2, 0) is 4.79 Å². The van der Waals surface area contributed by atoms with E-state index in [0.29, 0.717) is 6.42 Å². The number of ketones is 1. The molecule has 4 heteroatoms. The fourth-order valence-electron chi connectivity index (χ4n) is 0.878. The zero-order valence-electron chi connectivity index (χ0n) is 7.72. The summed E-state index contributed by atoms with van der Waals surface area (Å²) in [6.07, 6.45) is 0.345. The third-order valence-electron chi connectivity index (χ3n) is 1.63. The maximum atomic E-state index is 12.6. The zero-order chi connectivity index (χ0) is 10.6. The predicted molar refractivity (Wildman–Crippen MR) is 47.2 cm³/mol. The van der Waals surface area contributed by atoms with E-state index >= 15 is 0 Å². The van der Waals surface area contributed by atoms with Gasteiger partial charge in [0, 0.05) is 24.6 Å². The average molecular weight is 200 g/mol. The van der Waals surface area contributed by atoms with E-state index in [-0.39, 0.29) is 18.1 Å². The molecule has 14 heavy (non-hydrogen) atoms. The molecule has 0 aromatic heterocycles. The first-order chi connectivity index (χ1) is 6.61. The molecule has 0 aliphatic rings. The number of hydrogen-bond donors (Lipinski definition) is 0. The third-order valence-corrected chi connectivity index (χ3v) is 1.63. The van der Waals surface area contributed by atoms with Crippen molar-refractivity contribution in [3.63, 3.8) is 0 Å². The zero-order valence-corrected chi connectivity index (χ0v) is 7.72. The van der Waals surface area contributed by atoms with Gasteiger partial charge in [0.25, 0.3) is 0 Å². The number of hydrogen-bond acceptors (Lipinski definition) is 2. The number of Topliss-reactive ketones (excluding diaryl/α,β-unsaturated/α-hetero) is 1. The maximum Gasteiger partial charge on any atom is 0.169 e. The van der Waals surface area contributed by atoms with Gasteiger partial charge in [0.05, 0.1) is 0 Å². The second kappa shape index (κ2) is 4.69. The summed E-state index contributed by atoms with van der Waals surface area (Å²) < 4.78 is 30.1. The van der Waals surface area contributed by atoms with E-state index in [1.165, 1.54) is 0 Å². The van der Waals surface area contributed by atoms with Crippen LogP contribution in [0.3, 0.4) is 0 Å². The molecule has 1 aromatic rings. The normalized spacial score (nSPS) is 9.93. The third kappa shape index (κ3) is 3.12. The summed E-state index contributed by atoms with van der Waals surface area (Å²) in [5, 5.41) is 0. The van der Waals surface area contributed by atoms with Crippen LogP contribution >= 0.6 is 0 Å². The number of carbonyl (C=O) groups excluding carboxylic acids is 1. The van der Waals surface area contributed by atoms with Crippen LogP contribution in [0.15, 0.2) is 18.2 Å². The van der Waals surface area contributed by atoms with Crippen molar-refractivity contribution in [2.75, 3.05) is 6.61 Å². The van der Waals surface area contributed by atoms with Gasteiger partial charge in [0.15, 0.2) is 5.78 Å². The highest BCUT2D eigenvalue weighted by Crippen LogP contribution is 2.15. The van der Waals surface area contributed by atoms with E-state index in [1.54, 1.807) is 6.92 Å². The Morgan fingerprint density at radius 2 is 1.86 bits per heavy atom. The first kappa shape index (κ1) is 10.6. The van der Waals surface area contributed by atoms with E-state index in [9.17, 15) is 13.6 Å². The lowest BCUT2D eigenvalue weighted by molar-refractivity contribution is -0.120. The van der Waals surface area contributed by atoms with Crippen LogP contribution in [0.5, 0.6) is 5.75 Å². The Labute approximate surface area is 80.5 Å². The Kier molecular flexibility index (Phi) is 3.56. The molecular weight excluding hydrogens is 190 g/mol. The van der Waals surface area contributed by atoms with Crippen molar-refractivity contribution in [2.24, 2.45) is 0 Å². The lowest BCUT2D eigenvalue weighted by Gasteiger charge is -2.04. The minimum absolute atomic E-state index is 0.0318. The van der Waals surface area contributed by atoms with Crippen LogP contribution in [0, 0.1) is 11.6 Å². The number of halogens is 2. The minimum Gasteiger partial charge on any atom is -0.486 e.